The van der Waals surface area contributed by atoms with Gasteiger partial charge in [-0.2, -0.15) is 0 Å². The lowest BCUT2D eigenvalue weighted by atomic mass is 10.1. The largest absolute Gasteiger partial charge is 0.341 e. The van der Waals surface area contributed by atoms with Crippen molar-refractivity contribution in [1.82, 2.24) is 5.32 Å². The molecule has 1 aromatic carbocycles. The minimum atomic E-state index is -0.749. The van der Waals surface area contributed by atoms with Crippen LogP contribution in [-0.4, -0.2) is 12.5 Å². The summed E-state index contributed by atoms with van der Waals surface area (Å²) in [6, 6.07) is 1.95. The smallest absolute Gasteiger partial charge is 0.252 e. The van der Waals surface area contributed by atoms with Crippen molar-refractivity contribution < 1.29 is 13.6 Å². The molecule has 0 aliphatic rings. The first-order valence-electron chi connectivity index (χ1n) is 4.23. The van der Waals surface area contributed by atoms with Gasteiger partial charge in [-0.05, 0) is 19.1 Å². The summed E-state index contributed by atoms with van der Waals surface area (Å²) in [7, 11) is 0. The molecule has 0 atom stereocenters. The van der Waals surface area contributed by atoms with Crippen LogP contribution >= 0.6 is 0 Å². The zero-order valence-corrected chi connectivity index (χ0v) is 8.10. The van der Waals surface area contributed by atoms with Crippen LogP contribution in [0.2, 0.25) is 0 Å². The van der Waals surface area contributed by atoms with E-state index in [1.54, 1.807) is 0 Å². The Morgan fingerprint density at radius 3 is 2.47 bits per heavy atom. The lowest BCUT2D eigenvalue weighted by molar-refractivity contribution is 0.0957. The second-order valence-electron chi connectivity index (χ2n) is 2.95. The average molecular weight is 209 g/mol. The third kappa shape index (κ3) is 2.53. The molecule has 1 aromatic rings. The van der Waals surface area contributed by atoms with E-state index in [2.05, 4.69) is 11.2 Å². The van der Waals surface area contributed by atoms with Crippen molar-refractivity contribution in [3.05, 3.63) is 34.9 Å². The van der Waals surface area contributed by atoms with Gasteiger partial charge in [0.15, 0.2) is 0 Å². The molecular formula is C11H9F2NO. The highest BCUT2D eigenvalue weighted by atomic mass is 19.1. The highest BCUT2D eigenvalue weighted by molar-refractivity contribution is 5.94. The predicted octanol–water partition coefficient (Wildman–Crippen LogP) is 1.64. The third-order valence-corrected chi connectivity index (χ3v) is 1.89. The topological polar surface area (TPSA) is 29.1 Å². The minimum absolute atomic E-state index is 0.0238. The lowest BCUT2D eigenvalue weighted by Gasteiger charge is -2.04. The number of carbonyl (C=O) groups excluding carboxylic acids is 1. The SMILES string of the molecule is C#CCNC(=O)c1cc(F)c(C)c(F)c1. The van der Waals surface area contributed by atoms with Gasteiger partial charge in [-0.25, -0.2) is 8.78 Å². The molecular weight excluding hydrogens is 200 g/mol. The van der Waals surface area contributed by atoms with Gasteiger partial charge < -0.3 is 5.32 Å². The van der Waals surface area contributed by atoms with E-state index in [-0.39, 0.29) is 17.7 Å². The van der Waals surface area contributed by atoms with Crippen molar-refractivity contribution in [2.45, 2.75) is 6.92 Å². The summed E-state index contributed by atoms with van der Waals surface area (Å²) in [4.78, 5) is 11.3. The quantitative estimate of drug-likeness (QED) is 0.737. The molecule has 0 bridgehead atoms. The Kier molecular flexibility index (Phi) is 3.40. The standard InChI is InChI=1S/C11H9F2NO/c1-3-4-14-11(15)8-5-9(12)7(2)10(13)6-8/h1,5-6H,4H2,2H3,(H,14,15). The Morgan fingerprint density at radius 2 is 2.00 bits per heavy atom. The number of nitrogens with one attached hydrogen (secondary N) is 1. The number of amides is 1. The Hall–Kier alpha value is -1.89. The van der Waals surface area contributed by atoms with Gasteiger partial charge in [0.25, 0.3) is 5.91 Å². The Morgan fingerprint density at radius 1 is 1.47 bits per heavy atom. The van der Waals surface area contributed by atoms with E-state index in [9.17, 15) is 13.6 Å². The van der Waals surface area contributed by atoms with E-state index in [0.717, 1.165) is 12.1 Å². The van der Waals surface area contributed by atoms with Gasteiger partial charge in [0, 0.05) is 11.1 Å². The number of carbonyl (C=O) groups is 1. The number of halogens is 2. The molecule has 0 fully saturated rings. The van der Waals surface area contributed by atoms with Crippen molar-refractivity contribution in [3.8, 4) is 12.3 Å². The summed E-state index contributed by atoms with van der Waals surface area (Å²) in [6.07, 6.45) is 4.93. The average Bonchev–Trinajstić information content (AvgIpc) is 2.21. The predicted molar refractivity (Wildman–Crippen MR) is 52.3 cm³/mol. The van der Waals surface area contributed by atoms with Crippen LogP contribution in [0.5, 0.6) is 0 Å². The third-order valence-electron chi connectivity index (χ3n) is 1.89. The molecule has 1 N–H and O–H groups in total. The Balaban J connectivity index is 2.97. The maximum Gasteiger partial charge on any atom is 0.252 e. The summed E-state index contributed by atoms with van der Waals surface area (Å²) in [5.41, 5.74) is -0.186. The highest BCUT2D eigenvalue weighted by Gasteiger charge is 2.11. The van der Waals surface area contributed by atoms with E-state index >= 15 is 0 Å². The van der Waals surface area contributed by atoms with Crippen LogP contribution in [0.15, 0.2) is 12.1 Å². The van der Waals surface area contributed by atoms with Crippen molar-refractivity contribution in [3.63, 3.8) is 0 Å². The monoisotopic (exact) mass is 209 g/mol. The molecule has 78 valence electrons. The summed E-state index contributed by atoms with van der Waals surface area (Å²) in [5.74, 6) is 0.0992. The van der Waals surface area contributed by atoms with E-state index in [0.29, 0.717) is 0 Å². The number of benzene rings is 1. The van der Waals surface area contributed by atoms with Crippen molar-refractivity contribution in [1.29, 1.82) is 0 Å². The fourth-order valence-corrected chi connectivity index (χ4v) is 1.01. The van der Waals surface area contributed by atoms with E-state index in [4.69, 9.17) is 6.42 Å². The molecule has 0 unspecified atom stereocenters. The molecule has 0 aromatic heterocycles. The summed E-state index contributed by atoms with van der Waals surface area (Å²) in [6.45, 7) is 1.32. The van der Waals surface area contributed by atoms with Gasteiger partial charge in [-0.3, -0.25) is 4.79 Å². The molecule has 0 saturated heterocycles. The molecule has 0 spiro atoms. The van der Waals surface area contributed by atoms with Gasteiger partial charge in [-0.15, -0.1) is 6.42 Å². The van der Waals surface area contributed by atoms with Crippen LogP contribution in [0, 0.1) is 30.9 Å². The fourth-order valence-electron chi connectivity index (χ4n) is 1.01. The first-order chi connectivity index (χ1) is 7.06. The second-order valence-corrected chi connectivity index (χ2v) is 2.95. The van der Waals surface area contributed by atoms with E-state index in [1.165, 1.54) is 6.92 Å². The molecule has 15 heavy (non-hydrogen) atoms. The maximum absolute atomic E-state index is 13.1. The molecule has 0 aliphatic carbocycles. The molecule has 0 saturated carbocycles. The molecule has 0 heterocycles. The molecule has 0 aliphatic heterocycles. The molecule has 1 rings (SSSR count). The van der Waals surface area contributed by atoms with Crippen LogP contribution in [-0.2, 0) is 0 Å². The maximum atomic E-state index is 13.1. The van der Waals surface area contributed by atoms with Gasteiger partial charge in [-0.1, -0.05) is 5.92 Å². The Labute approximate surface area is 86.3 Å². The number of rotatable bonds is 2. The summed E-state index contributed by atoms with van der Waals surface area (Å²) >= 11 is 0. The Bertz CT molecular complexity index is 412. The van der Waals surface area contributed by atoms with E-state index in [1.807, 2.05) is 0 Å². The summed E-state index contributed by atoms with van der Waals surface area (Å²) in [5, 5.41) is 2.31. The van der Waals surface area contributed by atoms with Crippen molar-refractivity contribution in [2.24, 2.45) is 0 Å². The van der Waals surface area contributed by atoms with Gasteiger partial charge in [0.2, 0.25) is 0 Å². The molecule has 2 nitrogen and oxygen atoms in total. The number of terminal acetylenes is 1. The van der Waals surface area contributed by atoms with Gasteiger partial charge in [0.05, 0.1) is 6.54 Å². The first-order valence-corrected chi connectivity index (χ1v) is 4.23. The fraction of sp³-hybridized carbons (Fsp3) is 0.182. The van der Waals surface area contributed by atoms with Gasteiger partial charge in [0.1, 0.15) is 11.6 Å². The minimum Gasteiger partial charge on any atom is -0.341 e. The first kappa shape index (κ1) is 11.2. The van der Waals surface area contributed by atoms with Crippen LogP contribution in [0.3, 0.4) is 0 Å². The van der Waals surface area contributed by atoms with E-state index < -0.39 is 17.5 Å². The number of hydrogen-bond donors (Lipinski definition) is 1. The normalized spacial score (nSPS) is 9.47. The second kappa shape index (κ2) is 4.56. The molecule has 0 radical (unpaired) electrons. The zero-order valence-electron chi connectivity index (χ0n) is 8.10. The van der Waals surface area contributed by atoms with Crippen LogP contribution in [0.1, 0.15) is 15.9 Å². The van der Waals surface area contributed by atoms with Crippen LogP contribution in [0.25, 0.3) is 0 Å². The lowest BCUT2D eigenvalue weighted by Crippen LogP contribution is -2.23. The van der Waals surface area contributed by atoms with Crippen molar-refractivity contribution >= 4 is 5.91 Å². The number of hydrogen-bond acceptors (Lipinski definition) is 1. The summed E-state index contributed by atoms with van der Waals surface area (Å²) < 4.78 is 26.1. The van der Waals surface area contributed by atoms with Gasteiger partial charge >= 0.3 is 0 Å². The molecule has 1 amide bonds. The molecule has 4 heteroatoms. The van der Waals surface area contributed by atoms with Crippen molar-refractivity contribution in [2.75, 3.05) is 6.54 Å². The van der Waals surface area contributed by atoms with Crippen LogP contribution in [0.4, 0.5) is 8.78 Å². The highest BCUT2D eigenvalue weighted by Crippen LogP contribution is 2.13. The zero-order chi connectivity index (χ0) is 11.4. The van der Waals surface area contributed by atoms with Crippen LogP contribution < -0.4 is 5.32 Å².